The zero-order valence-electron chi connectivity index (χ0n) is 12.6. The van der Waals surface area contributed by atoms with Crippen molar-refractivity contribution in [2.75, 3.05) is 6.61 Å². The molecule has 2 N–H and O–H groups in total. The zero-order valence-corrected chi connectivity index (χ0v) is 12.6. The number of carbonyl (C=O) groups excluding carboxylic acids is 1. The van der Waals surface area contributed by atoms with Crippen molar-refractivity contribution in [2.45, 2.75) is 32.2 Å². The first-order valence-corrected chi connectivity index (χ1v) is 6.68. The number of aliphatic hydroxyl groups is 1. The van der Waals surface area contributed by atoms with Gasteiger partial charge in [0.05, 0.1) is 18.3 Å². The van der Waals surface area contributed by atoms with E-state index >= 15 is 0 Å². The standard InChI is InChI=1S/C14H20N4O3/c1-14(2,3)13-17-10(8-21-13)12(20)16-9(7-19)11-5-6-15-18(11)4/h5-6,8-9,19H,7H2,1-4H3,(H,16,20). The van der Waals surface area contributed by atoms with Gasteiger partial charge in [-0.2, -0.15) is 5.10 Å². The molecule has 2 rings (SSSR count). The van der Waals surface area contributed by atoms with E-state index < -0.39 is 11.9 Å². The summed E-state index contributed by atoms with van der Waals surface area (Å²) in [5.41, 5.74) is 0.641. The van der Waals surface area contributed by atoms with Gasteiger partial charge in [-0.25, -0.2) is 4.98 Å². The highest BCUT2D eigenvalue weighted by atomic mass is 16.3. The lowest BCUT2D eigenvalue weighted by Crippen LogP contribution is -2.32. The number of aromatic nitrogens is 3. The predicted octanol–water partition coefficient (Wildman–Crippen LogP) is 1.17. The van der Waals surface area contributed by atoms with E-state index in [0.717, 1.165) is 0 Å². The minimum Gasteiger partial charge on any atom is -0.448 e. The number of carbonyl (C=O) groups is 1. The Morgan fingerprint density at radius 1 is 1.52 bits per heavy atom. The van der Waals surface area contributed by atoms with Crippen molar-refractivity contribution in [2.24, 2.45) is 7.05 Å². The van der Waals surface area contributed by atoms with Crippen molar-refractivity contribution in [3.63, 3.8) is 0 Å². The molecule has 7 nitrogen and oxygen atoms in total. The molecule has 7 heteroatoms. The molecule has 0 aliphatic rings. The summed E-state index contributed by atoms with van der Waals surface area (Å²) in [5.74, 6) is 0.100. The van der Waals surface area contributed by atoms with E-state index in [9.17, 15) is 9.90 Å². The van der Waals surface area contributed by atoms with Gasteiger partial charge in [0.1, 0.15) is 6.26 Å². The molecule has 1 unspecified atom stereocenters. The molecule has 0 aliphatic heterocycles. The van der Waals surface area contributed by atoms with Gasteiger partial charge >= 0.3 is 0 Å². The predicted molar refractivity (Wildman–Crippen MR) is 75.7 cm³/mol. The van der Waals surface area contributed by atoms with Crippen molar-refractivity contribution in [3.8, 4) is 0 Å². The molecule has 2 aromatic rings. The van der Waals surface area contributed by atoms with Crippen LogP contribution in [0.4, 0.5) is 0 Å². The number of aryl methyl sites for hydroxylation is 1. The van der Waals surface area contributed by atoms with Crippen LogP contribution in [-0.4, -0.2) is 32.4 Å². The minimum absolute atomic E-state index is 0.195. The van der Waals surface area contributed by atoms with E-state index in [1.807, 2.05) is 20.8 Å². The average molecular weight is 292 g/mol. The molecule has 1 atom stereocenters. The molecule has 0 radical (unpaired) electrons. The SMILES string of the molecule is Cn1nccc1C(CO)NC(=O)c1coc(C(C)(C)C)n1. The highest BCUT2D eigenvalue weighted by molar-refractivity contribution is 5.92. The van der Waals surface area contributed by atoms with Gasteiger partial charge in [-0.3, -0.25) is 9.48 Å². The lowest BCUT2D eigenvalue weighted by Gasteiger charge is -2.15. The van der Waals surface area contributed by atoms with Crippen LogP contribution in [0.25, 0.3) is 0 Å². The summed E-state index contributed by atoms with van der Waals surface area (Å²) < 4.78 is 6.93. The smallest absolute Gasteiger partial charge is 0.273 e. The van der Waals surface area contributed by atoms with Gasteiger partial charge in [-0.1, -0.05) is 20.8 Å². The summed E-state index contributed by atoms with van der Waals surface area (Å²) in [4.78, 5) is 16.4. The van der Waals surface area contributed by atoms with E-state index in [4.69, 9.17) is 4.42 Å². The Kier molecular flexibility index (Phi) is 4.13. The Bertz CT molecular complexity index is 624. The number of amides is 1. The van der Waals surface area contributed by atoms with E-state index in [-0.39, 0.29) is 17.7 Å². The van der Waals surface area contributed by atoms with Crippen molar-refractivity contribution in [1.82, 2.24) is 20.1 Å². The second kappa shape index (κ2) is 5.69. The van der Waals surface area contributed by atoms with Gasteiger partial charge in [0.25, 0.3) is 5.91 Å². The van der Waals surface area contributed by atoms with Crippen LogP contribution in [0.5, 0.6) is 0 Å². The van der Waals surface area contributed by atoms with E-state index in [2.05, 4.69) is 15.4 Å². The Labute approximate surface area is 123 Å². The van der Waals surface area contributed by atoms with Gasteiger partial charge in [-0.05, 0) is 6.07 Å². The lowest BCUT2D eigenvalue weighted by molar-refractivity contribution is 0.0908. The number of hydrogen-bond acceptors (Lipinski definition) is 5. The van der Waals surface area contributed by atoms with Gasteiger partial charge in [0, 0.05) is 18.7 Å². The molecule has 21 heavy (non-hydrogen) atoms. The van der Waals surface area contributed by atoms with Crippen LogP contribution in [0.3, 0.4) is 0 Å². The van der Waals surface area contributed by atoms with E-state index in [1.165, 1.54) is 6.26 Å². The third kappa shape index (κ3) is 3.30. The topological polar surface area (TPSA) is 93.2 Å². The number of nitrogens with zero attached hydrogens (tertiary/aromatic N) is 3. The van der Waals surface area contributed by atoms with Crippen molar-refractivity contribution in [3.05, 3.63) is 35.8 Å². The summed E-state index contributed by atoms with van der Waals surface area (Å²) in [5, 5.41) is 16.2. The summed E-state index contributed by atoms with van der Waals surface area (Å²) >= 11 is 0. The van der Waals surface area contributed by atoms with Crippen LogP contribution in [0, 0.1) is 0 Å². The molecule has 2 heterocycles. The van der Waals surface area contributed by atoms with Crippen molar-refractivity contribution < 1.29 is 14.3 Å². The first-order chi connectivity index (χ1) is 9.82. The summed E-state index contributed by atoms with van der Waals surface area (Å²) in [7, 11) is 1.75. The summed E-state index contributed by atoms with van der Waals surface area (Å²) in [6, 6.07) is 1.20. The Morgan fingerprint density at radius 3 is 2.71 bits per heavy atom. The zero-order chi connectivity index (χ0) is 15.6. The highest BCUT2D eigenvalue weighted by Gasteiger charge is 2.24. The molecule has 0 aliphatic carbocycles. The van der Waals surface area contributed by atoms with Crippen LogP contribution in [0.1, 0.15) is 48.9 Å². The van der Waals surface area contributed by atoms with Gasteiger partial charge in [0.2, 0.25) is 0 Å². The molecule has 0 spiro atoms. The quantitative estimate of drug-likeness (QED) is 0.882. The third-order valence-electron chi connectivity index (χ3n) is 3.08. The molecule has 0 saturated carbocycles. The Hall–Kier alpha value is -2.15. The fourth-order valence-electron chi connectivity index (χ4n) is 1.89. The number of rotatable bonds is 4. The van der Waals surface area contributed by atoms with Gasteiger partial charge in [-0.15, -0.1) is 0 Å². The van der Waals surface area contributed by atoms with Gasteiger partial charge in [0.15, 0.2) is 11.6 Å². The largest absolute Gasteiger partial charge is 0.448 e. The number of oxazole rings is 1. The van der Waals surface area contributed by atoms with Gasteiger partial charge < -0.3 is 14.8 Å². The first kappa shape index (κ1) is 15.2. The number of hydrogen-bond donors (Lipinski definition) is 2. The minimum atomic E-state index is -0.542. The normalized spacial score (nSPS) is 13.2. The van der Waals surface area contributed by atoms with Crippen molar-refractivity contribution >= 4 is 5.91 Å². The first-order valence-electron chi connectivity index (χ1n) is 6.68. The average Bonchev–Trinajstić information content (AvgIpc) is 3.03. The summed E-state index contributed by atoms with van der Waals surface area (Å²) in [6.45, 7) is 5.63. The molecule has 0 fully saturated rings. The molecule has 0 bridgehead atoms. The molecule has 0 saturated heterocycles. The second-order valence-electron chi connectivity index (χ2n) is 5.88. The maximum atomic E-state index is 12.2. The van der Waals surface area contributed by atoms with Crippen LogP contribution in [0.15, 0.2) is 22.9 Å². The second-order valence-corrected chi connectivity index (χ2v) is 5.88. The number of aliphatic hydroxyl groups excluding tert-OH is 1. The van der Waals surface area contributed by atoms with Crippen LogP contribution >= 0.6 is 0 Å². The highest BCUT2D eigenvalue weighted by Crippen LogP contribution is 2.21. The van der Waals surface area contributed by atoms with Crippen molar-refractivity contribution in [1.29, 1.82) is 0 Å². The van der Waals surface area contributed by atoms with Crippen LogP contribution in [0.2, 0.25) is 0 Å². The Balaban J connectivity index is 2.13. The molecule has 1 amide bonds. The third-order valence-corrected chi connectivity index (χ3v) is 3.08. The molecule has 114 valence electrons. The molecule has 0 aromatic carbocycles. The van der Waals surface area contributed by atoms with E-state index in [0.29, 0.717) is 11.6 Å². The fourth-order valence-corrected chi connectivity index (χ4v) is 1.89. The van der Waals surface area contributed by atoms with E-state index in [1.54, 1.807) is 24.0 Å². The number of nitrogens with one attached hydrogen (secondary N) is 1. The van der Waals surface area contributed by atoms with Crippen LogP contribution < -0.4 is 5.32 Å². The molecular weight excluding hydrogens is 272 g/mol. The molecule has 2 aromatic heterocycles. The van der Waals surface area contributed by atoms with Crippen LogP contribution in [-0.2, 0) is 12.5 Å². The fraction of sp³-hybridized carbons (Fsp3) is 0.500. The molecular formula is C14H20N4O3. The Morgan fingerprint density at radius 2 is 2.24 bits per heavy atom. The maximum Gasteiger partial charge on any atom is 0.273 e. The lowest BCUT2D eigenvalue weighted by atomic mass is 9.97. The monoisotopic (exact) mass is 292 g/mol. The maximum absolute atomic E-state index is 12.2. The summed E-state index contributed by atoms with van der Waals surface area (Å²) in [6.07, 6.45) is 2.94.